The molecule has 0 saturated carbocycles. The summed E-state index contributed by atoms with van der Waals surface area (Å²) in [6.45, 7) is 0. The van der Waals surface area contributed by atoms with Crippen LogP contribution in [0.5, 0.6) is 0 Å². The molecule has 0 aromatic heterocycles. The zero-order valence-corrected chi connectivity index (χ0v) is 9.15. The maximum absolute atomic E-state index is 11.6. The van der Waals surface area contributed by atoms with E-state index in [2.05, 4.69) is 16.1 Å². The highest BCUT2D eigenvalue weighted by Crippen LogP contribution is 2.06. The predicted molar refractivity (Wildman–Crippen MR) is 55.2 cm³/mol. The quantitative estimate of drug-likeness (QED) is 0.585. The molecule has 0 radical (unpaired) electrons. The third-order valence-corrected chi connectivity index (χ3v) is 2.20. The summed E-state index contributed by atoms with van der Waals surface area (Å²) >= 11 is 3.18. The molecular formula is C9H11BrN2O. The number of hydrogen-bond acceptors (Lipinski definition) is 2. The molecule has 0 atom stereocenters. The largest absolute Gasteiger partial charge is 0.268 e. The summed E-state index contributed by atoms with van der Waals surface area (Å²) in [6.07, 6.45) is 0. The van der Waals surface area contributed by atoms with Crippen LogP contribution in [0.4, 0.5) is 0 Å². The van der Waals surface area contributed by atoms with Crippen LogP contribution in [0.3, 0.4) is 0 Å². The first-order chi connectivity index (χ1) is 6.13. The molecule has 1 aromatic rings. The molecule has 1 aromatic carbocycles. The third kappa shape index (κ3) is 2.54. The lowest BCUT2D eigenvalue weighted by atomic mass is 10.2. The molecule has 4 heteroatoms. The van der Waals surface area contributed by atoms with E-state index in [1.54, 1.807) is 30.3 Å². The van der Waals surface area contributed by atoms with Gasteiger partial charge >= 0.3 is 0 Å². The SMILES string of the molecule is CN(Br)N(C)C(=O)c1ccccc1. The molecule has 0 heterocycles. The van der Waals surface area contributed by atoms with Gasteiger partial charge in [-0.25, -0.2) is 0 Å². The van der Waals surface area contributed by atoms with Crippen LogP contribution in [-0.4, -0.2) is 29.0 Å². The lowest BCUT2D eigenvalue weighted by Crippen LogP contribution is -2.34. The Hall–Kier alpha value is -0.870. The predicted octanol–water partition coefficient (Wildman–Crippen LogP) is 1.92. The minimum Gasteiger partial charge on any atom is -0.268 e. The van der Waals surface area contributed by atoms with E-state index in [0.29, 0.717) is 5.56 Å². The Labute approximate surface area is 86.3 Å². The molecule has 0 N–H and O–H groups in total. The van der Waals surface area contributed by atoms with Gasteiger partial charge in [-0.05, 0) is 12.1 Å². The normalized spacial score (nSPS) is 10.2. The summed E-state index contributed by atoms with van der Waals surface area (Å²) in [5, 5.41) is 1.48. The summed E-state index contributed by atoms with van der Waals surface area (Å²) in [5.41, 5.74) is 0.677. The van der Waals surface area contributed by atoms with Gasteiger partial charge in [0, 0.05) is 35.8 Å². The van der Waals surface area contributed by atoms with E-state index in [-0.39, 0.29) is 5.91 Å². The number of halogens is 1. The first kappa shape index (κ1) is 10.2. The summed E-state index contributed by atoms with van der Waals surface area (Å²) in [6, 6.07) is 9.14. The Kier molecular flexibility index (Phi) is 3.45. The fourth-order valence-electron chi connectivity index (χ4n) is 0.893. The zero-order valence-electron chi connectivity index (χ0n) is 7.57. The number of carbonyl (C=O) groups is 1. The van der Waals surface area contributed by atoms with Gasteiger partial charge in [-0.15, -0.1) is 0 Å². The minimum absolute atomic E-state index is 0.0417. The second-order valence-corrected chi connectivity index (χ2v) is 3.67. The van der Waals surface area contributed by atoms with E-state index < -0.39 is 0 Å². The first-order valence-electron chi connectivity index (χ1n) is 3.85. The highest BCUT2D eigenvalue weighted by atomic mass is 79.9. The van der Waals surface area contributed by atoms with Crippen molar-refractivity contribution in [2.75, 3.05) is 14.1 Å². The Morgan fingerprint density at radius 3 is 2.23 bits per heavy atom. The van der Waals surface area contributed by atoms with Gasteiger partial charge in [-0.1, -0.05) is 18.2 Å². The number of hydrogen-bond donors (Lipinski definition) is 0. The molecule has 0 spiro atoms. The number of rotatable bonds is 2. The van der Waals surface area contributed by atoms with Crippen molar-refractivity contribution in [3.8, 4) is 0 Å². The molecule has 1 amide bonds. The second kappa shape index (κ2) is 4.39. The van der Waals surface area contributed by atoms with Gasteiger partial charge < -0.3 is 0 Å². The highest BCUT2D eigenvalue weighted by molar-refractivity contribution is 9.07. The number of benzene rings is 1. The molecule has 0 bridgehead atoms. The van der Waals surface area contributed by atoms with Gasteiger partial charge in [0.25, 0.3) is 5.91 Å². The fourth-order valence-corrected chi connectivity index (χ4v) is 1.04. The fraction of sp³-hybridized carbons (Fsp3) is 0.222. The standard InChI is InChI=1S/C9H11BrN2O/c1-11(12(2)10)9(13)8-6-4-3-5-7-8/h3-7H,1-2H3. The molecule has 3 nitrogen and oxygen atoms in total. The average molecular weight is 243 g/mol. The van der Waals surface area contributed by atoms with Crippen LogP contribution in [0.2, 0.25) is 0 Å². The van der Waals surface area contributed by atoms with Crippen LogP contribution in [0.15, 0.2) is 30.3 Å². The van der Waals surface area contributed by atoms with E-state index in [4.69, 9.17) is 0 Å². The van der Waals surface area contributed by atoms with Crippen molar-refractivity contribution in [1.82, 2.24) is 9.04 Å². The number of amides is 1. The molecule has 0 saturated heterocycles. The zero-order chi connectivity index (χ0) is 9.84. The maximum atomic E-state index is 11.6. The molecule has 1 rings (SSSR count). The number of hydrazine groups is 1. The average Bonchev–Trinajstić information content (AvgIpc) is 2.17. The minimum atomic E-state index is -0.0417. The topological polar surface area (TPSA) is 23.6 Å². The molecule has 0 aliphatic rings. The molecule has 0 aliphatic carbocycles. The molecular weight excluding hydrogens is 232 g/mol. The van der Waals surface area contributed by atoms with Crippen molar-refractivity contribution in [2.24, 2.45) is 0 Å². The highest BCUT2D eigenvalue weighted by Gasteiger charge is 2.12. The van der Waals surface area contributed by atoms with Crippen molar-refractivity contribution in [3.05, 3.63) is 35.9 Å². The van der Waals surface area contributed by atoms with Gasteiger partial charge in [0.05, 0.1) is 0 Å². The van der Waals surface area contributed by atoms with Crippen molar-refractivity contribution in [2.45, 2.75) is 0 Å². The van der Waals surface area contributed by atoms with Crippen molar-refractivity contribution >= 4 is 22.1 Å². The maximum Gasteiger partial charge on any atom is 0.268 e. The molecule has 70 valence electrons. The second-order valence-electron chi connectivity index (χ2n) is 2.64. The van der Waals surface area contributed by atoms with Crippen molar-refractivity contribution in [3.63, 3.8) is 0 Å². The van der Waals surface area contributed by atoms with Crippen LogP contribution < -0.4 is 0 Å². The first-order valence-corrected chi connectivity index (χ1v) is 4.56. The van der Waals surface area contributed by atoms with Crippen LogP contribution >= 0.6 is 16.1 Å². The lowest BCUT2D eigenvalue weighted by molar-refractivity contribution is 0.0582. The van der Waals surface area contributed by atoms with Crippen LogP contribution in [0.1, 0.15) is 10.4 Å². The van der Waals surface area contributed by atoms with E-state index in [0.717, 1.165) is 0 Å². The van der Waals surface area contributed by atoms with E-state index in [9.17, 15) is 4.79 Å². The van der Waals surface area contributed by atoms with Crippen LogP contribution in [-0.2, 0) is 0 Å². The third-order valence-electron chi connectivity index (χ3n) is 1.73. The molecule has 0 unspecified atom stereocenters. The number of carbonyl (C=O) groups excluding carboxylic acids is 1. The van der Waals surface area contributed by atoms with Crippen molar-refractivity contribution < 1.29 is 4.79 Å². The van der Waals surface area contributed by atoms with Crippen molar-refractivity contribution in [1.29, 1.82) is 0 Å². The summed E-state index contributed by atoms with van der Waals surface area (Å²) in [7, 11) is 3.45. The monoisotopic (exact) mass is 242 g/mol. The van der Waals surface area contributed by atoms with E-state index in [1.807, 2.05) is 18.2 Å². The Morgan fingerprint density at radius 1 is 1.23 bits per heavy atom. The summed E-state index contributed by atoms with van der Waals surface area (Å²) in [5.74, 6) is -0.0417. The smallest absolute Gasteiger partial charge is 0.268 e. The van der Waals surface area contributed by atoms with Gasteiger partial charge in [-0.2, -0.15) is 4.03 Å². The van der Waals surface area contributed by atoms with Crippen LogP contribution in [0, 0.1) is 0 Å². The molecule has 0 aliphatic heterocycles. The van der Waals surface area contributed by atoms with Crippen LogP contribution in [0.25, 0.3) is 0 Å². The number of nitrogens with zero attached hydrogens (tertiary/aromatic N) is 2. The van der Waals surface area contributed by atoms with Gasteiger partial charge in [0.1, 0.15) is 0 Å². The Morgan fingerprint density at radius 2 is 1.77 bits per heavy atom. The Balaban J connectivity index is 2.80. The van der Waals surface area contributed by atoms with Gasteiger partial charge in [0.15, 0.2) is 0 Å². The Bertz CT molecular complexity index is 287. The molecule has 13 heavy (non-hydrogen) atoms. The lowest BCUT2D eigenvalue weighted by Gasteiger charge is -2.21. The van der Waals surface area contributed by atoms with Gasteiger partial charge in [-0.3, -0.25) is 9.80 Å². The van der Waals surface area contributed by atoms with Gasteiger partial charge in [0.2, 0.25) is 0 Å². The summed E-state index contributed by atoms with van der Waals surface area (Å²) < 4.78 is 1.56. The van der Waals surface area contributed by atoms with E-state index >= 15 is 0 Å². The van der Waals surface area contributed by atoms with E-state index in [1.165, 1.54) is 5.01 Å². The molecule has 0 fully saturated rings. The summed E-state index contributed by atoms with van der Waals surface area (Å²) in [4.78, 5) is 11.6.